The zero-order chi connectivity index (χ0) is 18.4. The zero-order valence-corrected chi connectivity index (χ0v) is 14.6. The number of phenolic OH excluding ortho intramolecular Hbond substituents is 1. The van der Waals surface area contributed by atoms with Crippen molar-refractivity contribution in [3.63, 3.8) is 0 Å². The molecule has 0 atom stereocenters. The quantitative estimate of drug-likeness (QED) is 0.670. The van der Waals surface area contributed by atoms with Crippen molar-refractivity contribution in [2.75, 3.05) is 36.0 Å². The molecule has 26 heavy (non-hydrogen) atoms. The highest BCUT2D eigenvalue weighted by molar-refractivity contribution is 5.74. The van der Waals surface area contributed by atoms with Crippen LogP contribution in [0.15, 0.2) is 33.9 Å². The minimum absolute atomic E-state index is 0.253. The van der Waals surface area contributed by atoms with E-state index in [1.165, 1.54) is 4.57 Å². The van der Waals surface area contributed by atoms with Gasteiger partial charge in [0.1, 0.15) is 5.75 Å². The molecular formula is C17H20N6O3. The van der Waals surface area contributed by atoms with Crippen molar-refractivity contribution in [1.82, 2.24) is 19.1 Å². The first-order valence-corrected chi connectivity index (χ1v) is 8.40. The number of hydrogen-bond acceptors (Lipinski definition) is 6. The van der Waals surface area contributed by atoms with E-state index in [-0.39, 0.29) is 5.75 Å². The fraction of sp³-hybridized carbons (Fsp3) is 0.353. The summed E-state index contributed by atoms with van der Waals surface area (Å²) in [5, 5.41) is 9.42. The third-order valence-corrected chi connectivity index (χ3v) is 4.89. The molecule has 0 spiro atoms. The van der Waals surface area contributed by atoms with Gasteiger partial charge in [-0.05, 0) is 24.3 Å². The third kappa shape index (κ3) is 2.52. The van der Waals surface area contributed by atoms with Crippen LogP contribution in [0.2, 0.25) is 0 Å². The Balaban J connectivity index is 1.62. The number of imidazole rings is 1. The molecule has 2 N–H and O–H groups in total. The van der Waals surface area contributed by atoms with Crippen LogP contribution in [0.5, 0.6) is 5.75 Å². The molecule has 0 radical (unpaired) electrons. The number of nitrogens with one attached hydrogen (secondary N) is 1. The molecule has 1 aliphatic heterocycles. The largest absolute Gasteiger partial charge is 0.508 e. The molecule has 9 heteroatoms. The van der Waals surface area contributed by atoms with E-state index in [0.717, 1.165) is 31.9 Å². The number of anilines is 2. The van der Waals surface area contributed by atoms with Gasteiger partial charge in [-0.3, -0.25) is 14.3 Å². The van der Waals surface area contributed by atoms with Gasteiger partial charge in [0.2, 0.25) is 5.95 Å². The van der Waals surface area contributed by atoms with E-state index in [4.69, 9.17) is 0 Å². The molecule has 2 aromatic heterocycles. The van der Waals surface area contributed by atoms with Crippen LogP contribution in [0.3, 0.4) is 0 Å². The second kappa shape index (κ2) is 5.94. The van der Waals surface area contributed by atoms with Crippen LogP contribution in [-0.4, -0.2) is 50.4 Å². The number of aromatic nitrogens is 4. The lowest BCUT2D eigenvalue weighted by atomic mass is 10.2. The van der Waals surface area contributed by atoms with Crippen molar-refractivity contribution in [3.05, 3.63) is 45.1 Å². The minimum atomic E-state index is -0.468. The van der Waals surface area contributed by atoms with E-state index in [1.54, 1.807) is 30.8 Å². The van der Waals surface area contributed by atoms with Gasteiger partial charge in [-0.1, -0.05) is 0 Å². The smallest absolute Gasteiger partial charge is 0.329 e. The Morgan fingerprint density at radius 2 is 1.58 bits per heavy atom. The van der Waals surface area contributed by atoms with Crippen molar-refractivity contribution >= 4 is 22.8 Å². The molecule has 0 aliphatic carbocycles. The second-order valence-corrected chi connectivity index (χ2v) is 6.45. The van der Waals surface area contributed by atoms with Crippen molar-refractivity contribution in [1.29, 1.82) is 0 Å². The first-order valence-electron chi connectivity index (χ1n) is 8.40. The highest BCUT2D eigenvalue weighted by atomic mass is 16.3. The summed E-state index contributed by atoms with van der Waals surface area (Å²) in [4.78, 5) is 35.2. The maximum atomic E-state index is 12.2. The number of aryl methyl sites for hydroxylation is 2. The summed E-state index contributed by atoms with van der Waals surface area (Å²) < 4.78 is 3.09. The number of hydrogen-bond donors (Lipinski definition) is 2. The average Bonchev–Trinajstić information content (AvgIpc) is 2.99. The Hall–Kier alpha value is -3.23. The molecule has 0 saturated carbocycles. The summed E-state index contributed by atoms with van der Waals surface area (Å²) in [6.07, 6.45) is 0. The van der Waals surface area contributed by atoms with Crippen LogP contribution < -0.4 is 21.0 Å². The monoisotopic (exact) mass is 356 g/mol. The number of rotatable bonds is 2. The number of nitrogens with zero attached hydrogens (tertiary/aromatic N) is 5. The van der Waals surface area contributed by atoms with E-state index in [1.807, 2.05) is 12.1 Å². The lowest BCUT2D eigenvalue weighted by Gasteiger charge is -2.36. The van der Waals surface area contributed by atoms with Crippen molar-refractivity contribution in [2.45, 2.75) is 0 Å². The fourth-order valence-electron chi connectivity index (χ4n) is 3.41. The maximum absolute atomic E-state index is 12.2. The molecule has 0 amide bonds. The number of fused-ring (bicyclic) bond motifs is 1. The Kier molecular flexibility index (Phi) is 3.71. The Morgan fingerprint density at radius 3 is 2.23 bits per heavy atom. The van der Waals surface area contributed by atoms with Crippen LogP contribution >= 0.6 is 0 Å². The van der Waals surface area contributed by atoms with Crippen LogP contribution in [0.25, 0.3) is 11.2 Å². The van der Waals surface area contributed by atoms with E-state index in [9.17, 15) is 14.7 Å². The maximum Gasteiger partial charge on any atom is 0.329 e. The molecule has 9 nitrogen and oxygen atoms in total. The van der Waals surface area contributed by atoms with Crippen molar-refractivity contribution in [3.8, 4) is 5.75 Å². The van der Waals surface area contributed by atoms with Crippen LogP contribution in [0, 0.1) is 0 Å². The fourth-order valence-corrected chi connectivity index (χ4v) is 3.41. The molecule has 1 fully saturated rings. The average molecular weight is 356 g/mol. The highest BCUT2D eigenvalue weighted by Crippen LogP contribution is 2.23. The van der Waals surface area contributed by atoms with Crippen molar-refractivity contribution in [2.24, 2.45) is 14.1 Å². The number of aromatic amines is 1. The molecule has 136 valence electrons. The van der Waals surface area contributed by atoms with Crippen LogP contribution in [-0.2, 0) is 14.1 Å². The summed E-state index contributed by atoms with van der Waals surface area (Å²) in [5.74, 6) is 0.931. The van der Waals surface area contributed by atoms with Gasteiger partial charge in [0.25, 0.3) is 5.56 Å². The van der Waals surface area contributed by atoms with E-state index in [2.05, 4.69) is 19.8 Å². The Bertz CT molecular complexity index is 1070. The van der Waals surface area contributed by atoms with E-state index >= 15 is 0 Å². The Morgan fingerprint density at radius 1 is 0.962 bits per heavy atom. The van der Waals surface area contributed by atoms with Gasteiger partial charge in [-0.25, -0.2) is 4.79 Å². The molecular weight excluding hydrogens is 336 g/mol. The van der Waals surface area contributed by atoms with Gasteiger partial charge >= 0.3 is 5.69 Å². The minimum Gasteiger partial charge on any atom is -0.508 e. The van der Waals surface area contributed by atoms with Gasteiger partial charge in [0.15, 0.2) is 11.2 Å². The van der Waals surface area contributed by atoms with Crippen LogP contribution in [0.1, 0.15) is 0 Å². The first-order chi connectivity index (χ1) is 12.5. The molecule has 3 aromatic rings. The van der Waals surface area contributed by atoms with E-state index in [0.29, 0.717) is 17.1 Å². The highest BCUT2D eigenvalue weighted by Gasteiger charge is 2.23. The molecule has 1 aliphatic rings. The topological polar surface area (TPSA) is 99.4 Å². The number of H-pyrrole nitrogens is 1. The second-order valence-electron chi connectivity index (χ2n) is 6.45. The molecule has 4 rings (SSSR count). The van der Waals surface area contributed by atoms with E-state index < -0.39 is 11.2 Å². The lowest BCUT2D eigenvalue weighted by molar-refractivity contribution is 0.475. The van der Waals surface area contributed by atoms with Gasteiger partial charge in [0.05, 0.1) is 0 Å². The third-order valence-electron chi connectivity index (χ3n) is 4.89. The Labute approximate surface area is 148 Å². The van der Waals surface area contributed by atoms with Gasteiger partial charge < -0.3 is 19.5 Å². The predicted octanol–water partition coefficient (Wildman–Crippen LogP) is -0.00750. The number of phenols is 1. The molecule has 1 saturated heterocycles. The predicted molar refractivity (Wildman–Crippen MR) is 99.1 cm³/mol. The normalized spacial score (nSPS) is 15.0. The lowest BCUT2D eigenvalue weighted by Crippen LogP contribution is -2.47. The standard InChI is InChI=1S/C17H20N6O3/c1-20-13-14(21(2)17(26)19-15(13)25)18-16(20)23-9-7-22(8-10-23)11-3-5-12(24)6-4-11/h3-6,24H,7-10H2,1-2H3,(H,19,25,26). The molecule has 0 bridgehead atoms. The number of piperazine rings is 1. The summed E-state index contributed by atoms with van der Waals surface area (Å²) in [6.45, 7) is 3.07. The zero-order valence-electron chi connectivity index (χ0n) is 14.6. The molecule has 0 unspecified atom stereocenters. The summed E-state index contributed by atoms with van der Waals surface area (Å²) in [5.41, 5.74) is 0.947. The van der Waals surface area contributed by atoms with Gasteiger partial charge in [-0.15, -0.1) is 0 Å². The summed E-state index contributed by atoms with van der Waals surface area (Å²) in [6, 6.07) is 7.16. The van der Waals surface area contributed by atoms with Crippen molar-refractivity contribution < 1.29 is 5.11 Å². The van der Waals surface area contributed by atoms with Gasteiger partial charge in [0, 0.05) is 46.0 Å². The molecule has 3 heterocycles. The van der Waals surface area contributed by atoms with Gasteiger partial charge in [-0.2, -0.15) is 4.98 Å². The summed E-state index contributed by atoms with van der Waals surface area (Å²) in [7, 11) is 3.39. The SMILES string of the molecule is Cn1c(N2CCN(c3ccc(O)cc3)CC2)nc2c1c(=O)[nH]c(=O)n2C. The van der Waals surface area contributed by atoms with Crippen LogP contribution in [0.4, 0.5) is 11.6 Å². The first kappa shape index (κ1) is 16.2. The number of aromatic hydroxyl groups is 1. The molecule has 1 aromatic carbocycles. The summed E-state index contributed by atoms with van der Waals surface area (Å²) >= 11 is 0. The number of benzene rings is 1.